The first-order chi connectivity index (χ1) is 14.6. The lowest BCUT2D eigenvalue weighted by Gasteiger charge is -2.30. The number of nitrogens with zero attached hydrogens (tertiary/aromatic N) is 3. The van der Waals surface area contributed by atoms with Crippen molar-refractivity contribution < 1.29 is 9.72 Å². The van der Waals surface area contributed by atoms with Crippen molar-refractivity contribution in [2.45, 2.75) is 25.6 Å². The Balaban J connectivity index is 1.58. The van der Waals surface area contributed by atoms with Crippen molar-refractivity contribution in [3.8, 4) is 0 Å². The van der Waals surface area contributed by atoms with E-state index in [1.165, 1.54) is 6.07 Å². The van der Waals surface area contributed by atoms with Crippen molar-refractivity contribution in [3.05, 3.63) is 99.9 Å². The van der Waals surface area contributed by atoms with Gasteiger partial charge in [0.1, 0.15) is 0 Å². The molecule has 0 radical (unpaired) electrons. The van der Waals surface area contributed by atoms with Gasteiger partial charge in [-0.3, -0.25) is 19.8 Å². The molecule has 0 fully saturated rings. The lowest BCUT2D eigenvalue weighted by molar-refractivity contribution is -0.384. The summed E-state index contributed by atoms with van der Waals surface area (Å²) in [5, 5.41) is 14.3. The Kier molecular flexibility index (Phi) is 5.90. The van der Waals surface area contributed by atoms with E-state index in [0.717, 1.165) is 36.3 Å². The summed E-state index contributed by atoms with van der Waals surface area (Å²) in [6, 6.07) is 20.3. The van der Waals surface area contributed by atoms with Crippen molar-refractivity contribution in [1.82, 2.24) is 14.8 Å². The van der Waals surface area contributed by atoms with Crippen molar-refractivity contribution in [2.24, 2.45) is 0 Å². The molecule has 0 bridgehead atoms. The van der Waals surface area contributed by atoms with E-state index >= 15 is 0 Å². The molecule has 154 valence electrons. The molecule has 4 rings (SSSR count). The highest BCUT2D eigenvalue weighted by Crippen LogP contribution is 2.33. The second-order valence-electron chi connectivity index (χ2n) is 7.47. The molecule has 0 aliphatic carbocycles. The molecule has 7 nitrogen and oxygen atoms in total. The van der Waals surface area contributed by atoms with Crippen LogP contribution in [-0.2, 0) is 17.9 Å². The van der Waals surface area contributed by atoms with Gasteiger partial charge in [0, 0.05) is 43.7 Å². The minimum absolute atomic E-state index is 0.0586. The standard InChI is InChI=1S/C23H24N4O3/c28-22(24-16-18-7-2-1-3-8-18)17-26-14-6-13-25-12-5-11-21(25)23(26)19-9-4-10-20(15-19)27(29)30/h1-5,7-12,15,23H,6,13-14,16-17H2,(H,24,28). The predicted octanol–water partition coefficient (Wildman–Crippen LogP) is 3.51. The first kappa shape index (κ1) is 19.8. The van der Waals surface area contributed by atoms with Crippen LogP contribution < -0.4 is 5.32 Å². The molecular weight excluding hydrogens is 380 g/mol. The summed E-state index contributed by atoms with van der Waals surface area (Å²) in [5.41, 5.74) is 2.97. The Morgan fingerprint density at radius 3 is 2.70 bits per heavy atom. The molecule has 2 heterocycles. The largest absolute Gasteiger partial charge is 0.351 e. The van der Waals surface area contributed by atoms with Gasteiger partial charge < -0.3 is 9.88 Å². The number of fused-ring (bicyclic) bond motifs is 1. The minimum Gasteiger partial charge on any atom is -0.351 e. The number of hydrogen-bond acceptors (Lipinski definition) is 4. The van der Waals surface area contributed by atoms with Gasteiger partial charge in [0.05, 0.1) is 17.5 Å². The van der Waals surface area contributed by atoms with Gasteiger partial charge in [-0.1, -0.05) is 42.5 Å². The van der Waals surface area contributed by atoms with Crippen molar-refractivity contribution in [3.63, 3.8) is 0 Å². The van der Waals surface area contributed by atoms with Crippen LogP contribution in [0.5, 0.6) is 0 Å². The maximum absolute atomic E-state index is 12.7. The zero-order chi connectivity index (χ0) is 20.9. The third-order valence-electron chi connectivity index (χ3n) is 5.43. The molecule has 1 amide bonds. The van der Waals surface area contributed by atoms with Gasteiger partial charge in [0.15, 0.2) is 0 Å². The number of carbonyl (C=O) groups excluding carboxylic acids is 1. The van der Waals surface area contributed by atoms with Crippen LogP contribution in [0.2, 0.25) is 0 Å². The van der Waals surface area contributed by atoms with Crippen LogP contribution in [0.3, 0.4) is 0 Å². The molecule has 1 N–H and O–H groups in total. The maximum Gasteiger partial charge on any atom is 0.269 e. The molecule has 1 aliphatic rings. The fraction of sp³-hybridized carbons (Fsp3) is 0.261. The Bertz CT molecular complexity index is 1030. The minimum atomic E-state index is -0.379. The summed E-state index contributed by atoms with van der Waals surface area (Å²) in [4.78, 5) is 25.8. The molecule has 0 spiro atoms. The van der Waals surface area contributed by atoms with Crippen molar-refractivity contribution in [1.29, 1.82) is 0 Å². The van der Waals surface area contributed by atoms with Crippen LogP contribution in [0.4, 0.5) is 5.69 Å². The van der Waals surface area contributed by atoms with Crippen LogP contribution in [0, 0.1) is 10.1 Å². The molecule has 0 saturated carbocycles. The lowest BCUT2D eigenvalue weighted by atomic mass is 10.0. The molecule has 3 aromatic rings. The number of non-ortho nitro benzene ring substituents is 1. The van der Waals surface area contributed by atoms with Gasteiger partial charge in [0.25, 0.3) is 5.69 Å². The number of aromatic nitrogens is 1. The highest BCUT2D eigenvalue weighted by molar-refractivity contribution is 5.78. The molecule has 30 heavy (non-hydrogen) atoms. The number of nitro benzene ring substituents is 1. The predicted molar refractivity (Wildman–Crippen MR) is 114 cm³/mol. The van der Waals surface area contributed by atoms with Gasteiger partial charge in [-0.15, -0.1) is 0 Å². The zero-order valence-corrected chi connectivity index (χ0v) is 16.6. The zero-order valence-electron chi connectivity index (χ0n) is 16.6. The Morgan fingerprint density at radius 2 is 1.90 bits per heavy atom. The topological polar surface area (TPSA) is 80.4 Å². The van der Waals surface area contributed by atoms with Gasteiger partial charge in [-0.2, -0.15) is 0 Å². The summed E-state index contributed by atoms with van der Waals surface area (Å²) in [6.07, 6.45) is 2.93. The molecule has 1 aliphatic heterocycles. The SMILES string of the molecule is O=C(CN1CCCn2cccc2C1c1cccc([N+](=O)[O-])c1)NCc1ccccc1. The van der Waals surface area contributed by atoms with E-state index in [0.29, 0.717) is 6.54 Å². The van der Waals surface area contributed by atoms with Crippen LogP contribution in [0.25, 0.3) is 0 Å². The summed E-state index contributed by atoms with van der Waals surface area (Å²) in [5.74, 6) is -0.0608. The average molecular weight is 404 g/mol. The second kappa shape index (κ2) is 8.92. The van der Waals surface area contributed by atoms with E-state index in [1.807, 2.05) is 54.7 Å². The maximum atomic E-state index is 12.7. The Hall–Kier alpha value is -3.45. The van der Waals surface area contributed by atoms with E-state index in [4.69, 9.17) is 0 Å². The van der Waals surface area contributed by atoms with Crippen molar-refractivity contribution >= 4 is 11.6 Å². The Labute approximate surface area is 175 Å². The van der Waals surface area contributed by atoms with Gasteiger partial charge in [0.2, 0.25) is 5.91 Å². The van der Waals surface area contributed by atoms with Gasteiger partial charge >= 0.3 is 0 Å². The highest BCUT2D eigenvalue weighted by atomic mass is 16.6. The van der Waals surface area contributed by atoms with Gasteiger partial charge in [-0.25, -0.2) is 0 Å². The van der Waals surface area contributed by atoms with Crippen LogP contribution in [0.15, 0.2) is 72.9 Å². The molecule has 7 heteroatoms. The highest BCUT2D eigenvalue weighted by Gasteiger charge is 2.29. The van der Waals surface area contributed by atoms with Gasteiger partial charge in [-0.05, 0) is 29.7 Å². The quantitative estimate of drug-likeness (QED) is 0.504. The molecule has 1 atom stereocenters. The lowest BCUT2D eigenvalue weighted by Crippen LogP contribution is -2.39. The summed E-state index contributed by atoms with van der Waals surface area (Å²) >= 11 is 0. The van der Waals surface area contributed by atoms with E-state index in [2.05, 4.69) is 14.8 Å². The number of rotatable bonds is 6. The van der Waals surface area contributed by atoms with E-state index < -0.39 is 0 Å². The first-order valence-corrected chi connectivity index (χ1v) is 10.1. The summed E-state index contributed by atoms with van der Waals surface area (Å²) in [7, 11) is 0. The third kappa shape index (κ3) is 4.41. The van der Waals surface area contributed by atoms with Crippen LogP contribution in [-0.4, -0.2) is 33.4 Å². The normalized spacial score (nSPS) is 16.5. The summed E-state index contributed by atoms with van der Waals surface area (Å²) in [6.45, 7) is 2.29. The second-order valence-corrected chi connectivity index (χ2v) is 7.47. The first-order valence-electron chi connectivity index (χ1n) is 10.1. The number of benzene rings is 2. The number of amides is 1. The number of nitrogens with one attached hydrogen (secondary N) is 1. The monoisotopic (exact) mass is 404 g/mol. The Morgan fingerprint density at radius 1 is 1.07 bits per heavy atom. The molecule has 1 aromatic heterocycles. The third-order valence-corrected chi connectivity index (χ3v) is 5.43. The van der Waals surface area contributed by atoms with E-state index in [-0.39, 0.29) is 29.1 Å². The van der Waals surface area contributed by atoms with Crippen molar-refractivity contribution in [2.75, 3.05) is 13.1 Å². The molecule has 2 aromatic carbocycles. The molecule has 0 saturated heterocycles. The smallest absolute Gasteiger partial charge is 0.269 e. The fourth-order valence-corrected chi connectivity index (χ4v) is 4.04. The number of carbonyl (C=O) groups is 1. The number of hydrogen-bond donors (Lipinski definition) is 1. The van der Waals surface area contributed by atoms with E-state index in [9.17, 15) is 14.9 Å². The average Bonchev–Trinajstić information content (AvgIpc) is 3.14. The summed E-state index contributed by atoms with van der Waals surface area (Å²) < 4.78 is 2.17. The van der Waals surface area contributed by atoms with Crippen LogP contribution in [0.1, 0.15) is 29.3 Å². The number of nitro groups is 1. The fourth-order valence-electron chi connectivity index (χ4n) is 4.04. The van der Waals surface area contributed by atoms with E-state index in [1.54, 1.807) is 12.1 Å². The molecule has 1 unspecified atom stereocenters. The number of aryl methyl sites for hydroxylation is 1. The van der Waals surface area contributed by atoms with Crippen LogP contribution >= 0.6 is 0 Å². The molecular formula is C23H24N4O3.